The molecule has 0 bridgehead atoms. The second-order valence-electron chi connectivity index (χ2n) is 4.13. The van der Waals surface area contributed by atoms with E-state index in [1.165, 1.54) is 11.8 Å². The van der Waals surface area contributed by atoms with Crippen LogP contribution in [0.2, 0.25) is 0 Å². The summed E-state index contributed by atoms with van der Waals surface area (Å²) in [6.45, 7) is 3.51. The van der Waals surface area contributed by atoms with E-state index >= 15 is 0 Å². The minimum Gasteiger partial charge on any atom is -0.368 e. The highest BCUT2D eigenvalue weighted by atomic mass is 32.2. The number of carbonyl (C=O) groups is 1. The normalized spacial score (nSPS) is 16.8. The van der Waals surface area contributed by atoms with Crippen LogP contribution in [0.5, 0.6) is 0 Å². The van der Waals surface area contributed by atoms with E-state index in [9.17, 15) is 4.79 Å². The number of amides is 1. The van der Waals surface area contributed by atoms with E-state index in [1.54, 1.807) is 0 Å². The Morgan fingerprint density at radius 1 is 1.22 bits per heavy atom. The van der Waals surface area contributed by atoms with Crippen molar-refractivity contribution >= 4 is 29.6 Å². The first-order valence-electron chi connectivity index (χ1n) is 5.79. The van der Waals surface area contributed by atoms with Gasteiger partial charge in [-0.05, 0) is 19.8 Å². The minimum atomic E-state index is -0.246. The van der Waals surface area contributed by atoms with Gasteiger partial charge in [-0.15, -0.1) is 0 Å². The number of nitrogens with zero attached hydrogens (tertiary/aromatic N) is 4. The fraction of sp³-hybridized carbons (Fsp3) is 0.600. The molecule has 98 valence electrons. The van der Waals surface area contributed by atoms with E-state index in [1.807, 2.05) is 11.8 Å². The Bertz CT molecular complexity index is 428. The largest absolute Gasteiger partial charge is 0.368 e. The zero-order valence-corrected chi connectivity index (χ0v) is 11.0. The van der Waals surface area contributed by atoms with Crippen LogP contribution >= 0.6 is 11.8 Å². The minimum absolute atomic E-state index is 0.0748. The Hall–Kier alpha value is -1.57. The van der Waals surface area contributed by atoms with Gasteiger partial charge in [-0.1, -0.05) is 11.8 Å². The van der Waals surface area contributed by atoms with E-state index < -0.39 is 0 Å². The standard InChI is InChI=1S/C10H16N6OS/c1-6(7(17)16-4-2-3-5-16)18-10-14-8(11)13-9(12)15-10/h6H,2-5H2,1H3,(H4,11,12,13,14,15). The van der Waals surface area contributed by atoms with Crippen LogP contribution in [0.25, 0.3) is 0 Å². The van der Waals surface area contributed by atoms with Gasteiger partial charge in [0, 0.05) is 13.1 Å². The third-order valence-corrected chi connectivity index (χ3v) is 3.65. The highest BCUT2D eigenvalue weighted by Gasteiger charge is 2.24. The molecule has 4 N–H and O–H groups in total. The molecule has 0 saturated carbocycles. The molecule has 1 aromatic heterocycles. The molecule has 8 heteroatoms. The van der Waals surface area contributed by atoms with Crippen molar-refractivity contribution < 1.29 is 4.79 Å². The predicted octanol–water partition coefficient (Wildman–Crippen LogP) is 0.139. The predicted molar refractivity (Wildman–Crippen MR) is 69.8 cm³/mol. The average molecular weight is 268 g/mol. The van der Waals surface area contributed by atoms with Crippen LogP contribution < -0.4 is 11.5 Å². The molecule has 2 heterocycles. The highest BCUT2D eigenvalue weighted by molar-refractivity contribution is 8.00. The maximum atomic E-state index is 12.1. The first-order valence-corrected chi connectivity index (χ1v) is 6.66. The smallest absolute Gasteiger partial charge is 0.235 e. The van der Waals surface area contributed by atoms with Crippen molar-refractivity contribution in [2.45, 2.75) is 30.2 Å². The summed E-state index contributed by atoms with van der Waals surface area (Å²) in [7, 11) is 0. The topological polar surface area (TPSA) is 111 Å². The lowest BCUT2D eigenvalue weighted by molar-refractivity contribution is -0.129. The zero-order valence-electron chi connectivity index (χ0n) is 10.2. The van der Waals surface area contributed by atoms with Crippen molar-refractivity contribution in [3.05, 3.63) is 0 Å². The molecule has 0 spiro atoms. The van der Waals surface area contributed by atoms with Gasteiger partial charge in [-0.3, -0.25) is 4.79 Å². The van der Waals surface area contributed by atoms with Crippen LogP contribution in [0.4, 0.5) is 11.9 Å². The Morgan fingerprint density at radius 3 is 2.33 bits per heavy atom. The van der Waals surface area contributed by atoms with Gasteiger partial charge in [0.2, 0.25) is 17.8 Å². The number of rotatable bonds is 3. The van der Waals surface area contributed by atoms with Crippen LogP contribution in [0, 0.1) is 0 Å². The second-order valence-corrected chi connectivity index (χ2v) is 5.43. The van der Waals surface area contributed by atoms with E-state index in [-0.39, 0.29) is 23.1 Å². The molecule has 2 rings (SSSR count). The van der Waals surface area contributed by atoms with Crippen molar-refractivity contribution in [1.29, 1.82) is 0 Å². The summed E-state index contributed by atoms with van der Waals surface area (Å²) in [6, 6.07) is 0. The van der Waals surface area contributed by atoms with Gasteiger partial charge in [0.15, 0.2) is 5.16 Å². The van der Waals surface area contributed by atoms with E-state index in [4.69, 9.17) is 11.5 Å². The number of thioether (sulfide) groups is 1. The number of aromatic nitrogens is 3. The molecule has 1 fully saturated rings. The zero-order chi connectivity index (χ0) is 13.1. The molecular weight excluding hydrogens is 252 g/mol. The maximum Gasteiger partial charge on any atom is 0.235 e. The van der Waals surface area contributed by atoms with Gasteiger partial charge in [0.25, 0.3) is 0 Å². The van der Waals surface area contributed by atoms with Crippen LogP contribution in [0.15, 0.2) is 5.16 Å². The summed E-state index contributed by atoms with van der Waals surface area (Å²) in [5, 5.41) is 0.143. The molecule has 0 aliphatic carbocycles. The fourth-order valence-electron chi connectivity index (χ4n) is 1.84. The average Bonchev–Trinajstić information content (AvgIpc) is 2.79. The van der Waals surface area contributed by atoms with Crippen LogP contribution in [-0.4, -0.2) is 44.1 Å². The third-order valence-electron chi connectivity index (χ3n) is 2.70. The number of nitrogen functional groups attached to an aromatic ring is 2. The number of likely N-dealkylation sites (tertiary alicyclic amines) is 1. The first-order chi connectivity index (χ1) is 8.56. The van der Waals surface area contributed by atoms with Crippen molar-refractivity contribution in [2.75, 3.05) is 24.6 Å². The molecular formula is C10H16N6OS. The summed E-state index contributed by atoms with van der Waals surface area (Å²) < 4.78 is 0. The molecule has 1 amide bonds. The summed E-state index contributed by atoms with van der Waals surface area (Å²) in [4.78, 5) is 25.5. The lowest BCUT2D eigenvalue weighted by atomic mass is 10.4. The van der Waals surface area contributed by atoms with Crippen LogP contribution in [0.3, 0.4) is 0 Å². The van der Waals surface area contributed by atoms with Gasteiger partial charge in [-0.25, -0.2) is 0 Å². The molecule has 1 atom stereocenters. The van der Waals surface area contributed by atoms with Crippen LogP contribution in [-0.2, 0) is 4.79 Å². The van der Waals surface area contributed by atoms with Crippen molar-refractivity contribution in [3.8, 4) is 0 Å². The molecule has 0 aromatic carbocycles. The maximum absolute atomic E-state index is 12.1. The lowest BCUT2D eigenvalue weighted by Crippen LogP contribution is -2.34. The molecule has 1 unspecified atom stereocenters. The molecule has 0 radical (unpaired) electrons. The number of hydrogen-bond acceptors (Lipinski definition) is 7. The molecule has 1 aromatic rings. The summed E-state index contributed by atoms with van der Waals surface area (Å²) in [6.07, 6.45) is 2.16. The monoisotopic (exact) mass is 268 g/mol. The molecule has 18 heavy (non-hydrogen) atoms. The number of nitrogens with two attached hydrogens (primary N) is 2. The van der Waals surface area contributed by atoms with Crippen molar-refractivity contribution in [2.24, 2.45) is 0 Å². The van der Waals surface area contributed by atoms with E-state index in [0.29, 0.717) is 5.16 Å². The third kappa shape index (κ3) is 3.00. The van der Waals surface area contributed by atoms with Gasteiger partial charge in [-0.2, -0.15) is 15.0 Å². The summed E-state index contributed by atoms with van der Waals surface area (Å²) >= 11 is 1.25. The van der Waals surface area contributed by atoms with Gasteiger partial charge >= 0.3 is 0 Å². The molecule has 7 nitrogen and oxygen atoms in total. The first kappa shape index (κ1) is 12.9. The van der Waals surface area contributed by atoms with Gasteiger partial charge in [0.05, 0.1) is 5.25 Å². The quantitative estimate of drug-likeness (QED) is 0.750. The SMILES string of the molecule is CC(Sc1nc(N)nc(N)n1)C(=O)N1CCCC1. The fourth-order valence-corrected chi connectivity index (χ4v) is 2.70. The second kappa shape index (κ2) is 5.38. The number of hydrogen-bond donors (Lipinski definition) is 2. The summed E-state index contributed by atoms with van der Waals surface area (Å²) in [5.41, 5.74) is 11.0. The summed E-state index contributed by atoms with van der Waals surface area (Å²) in [5.74, 6) is 0.256. The molecule has 1 aliphatic heterocycles. The Labute approximate surface area is 109 Å². The van der Waals surface area contributed by atoms with E-state index in [2.05, 4.69) is 15.0 Å². The Balaban J connectivity index is 2.01. The Morgan fingerprint density at radius 2 is 1.78 bits per heavy atom. The number of anilines is 2. The highest BCUT2D eigenvalue weighted by Crippen LogP contribution is 2.23. The van der Waals surface area contributed by atoms with E-state index in [0.717, 1.165) is 25.9 Å². The van der Waals surface area contributed by atoms with Crippen molar-refractivity contribution in [3.63, 3.8) is 0 Å². The molecule has 1 saturated heterocycles. The molecule has 1 aliphatic rings. The van der Waals surface area contributed by atoms with Crippen LogP contribution in [0.1, 0.15) is 19.8 Å². The van der Waals surface area contributed by atoms with Gasteiger partial charge in [0.1, 0.15) is 0 Å². The lowest BCUT2D eigenvalue weighted by Gasteiger charge is -2.19. The Kier molecular flexibility index (Phi) is 3.85. The van der Waals surface area contributed by atoms with Gasteiger partial charge < -0.3 is 16.4 Å². The van der Waals surface area contributed by atoms with Crippen molar-refractivity contribution in [1.82, 2.24) is 19.9 Å². The number of carbonyl (C=O) groups excluding carboxylic acids is 1.